The molecule has 0 aliphatic carbocycles. The van der Waals surface area contributed by atoms with Crippen molar-refractivity contribution in [2.45, 2.75) is 354 Å². The van der Waals surface area contributed by atoms with E-state index in [2.05, 4.69) is 45.1 Å². The normalized spacial score (nSPS) is 12.1. The number of esters is 3. The Morgan fingerprint density at radius 3 is 0.743 bits per heavy atom. The van der Waals surface area contributed by atoms with E-state index in [0.29, 0.717) is 19.3 Å². The Kier molecular flexibility index (Phi) is 57.7. The van der Waals surface area contributed by atoms with E-state index in [-0.39, 0.29) is 31.1 Å². The first-order valence-corrected chi connectivity index (χ1v) is 31.3. The van der Waals surface area contributed by atoms with E-state index < -0.39 is 6.10 Å². The molecule has 0 aromatic heterocycles. The molecule has 0 amide bonds. The Hall–Kier alpha value is -2.11. The minimum atomic E-state index is -0.772. The molecule has 0 fully saturated rings. The fourth-order valence-corrected chi connectivity index (χ4v) is 9.44. The van der Waals surface area contributed by atoms with Crippen molar-refractivity contribution < 1.29 is 28.6 Å². The molecule has 0 aliphatic rings. The van der Waals surface area contributed by atoms with Crippen LogP contribution in [-0.2, 0) is 28.6 Å². The molecule has 70 heavy (non-hydrogen) atoms. The number of allylic oxidation sites excluding steroid dienone is 4. The van der Waals surface area contributed by atoms with Crippen LogP contribution >= 0.6 is 0 Å². The summed E-state index contributed by atoms with van der Waals surface area (Å²) in [6.07, 6.45) is 70.4. The van der Waals surface area contributed by atoms with E-state index in [1.165, 1.54) is 244 Å². The largest absolute Gasteiger partial charge is 0.462 e. The van der Waals surface area contributed by atoms with E-state index in [1.54, 1.807) is 0 Å². The molecule has 0 aliphatic heterocycles. The molecule has 0 rings (SSSR count). The standard InChI is InChI=1S/C64H120O6/c1-4-7-10-13-16-19-22-25-27-29-31-32-34-35-37-39-42-45-48-51-54-57-63(66)69-60-61(59-68-62(65)56-53-50-47-44-41-24-21-18-15-12-9-6-3)70-64(67)58-55-52-49-46-43-40-38-36-33-30-28-26-23-20-17-14-11-8-5-2/h18,21,26,28,61H,4-17,19-20,22-25,27,29-60H2,1-3H3/b21-18-,28-26-. The van der Waals surface area contributed by atoms with Gasteiger partial charge in [-0.1, -0.05) is 283 Å². The molecule has 6 heteroatoms. The van der Waals surface area contributed by atoms with Crippen molar-refractivity contribution in [2.24, 2.45) is 0 Å². The maximum atomic E-state index is 12.9. The van der Waals surface area contributed by atoms with Crippen molar-refractivity contribution in [1.82, 2.24) is 0 Å². The van der Waals surface area contributed by atoms with Crippen molar-refractivity contribution in [3.63, 3.8) is 0 Å². The highest BCUT2D eigenvalue weighted by molar-refractivity contribution is 5.71. The van der Waals surface area contributed by atoms with Crippen LogP contribution in [0.5, 0.6) is 0 Å². The van der Waals surface area contributed by atoms with Crippen LogP contribution in [0.2, 0.25) is 0 Å². The Bertz CT molecular complexity index is 1130. The molecule has 0 radical (unpaired) electrons. The van der Waals surface area contributed by atoms with Gasteiger partial charge < -0.3 is 14.2 Å². The van der Waals surface area contributed by atoms with Gasteiger partial charge in [0.05, 0.1) is 0 Å². The first kappa shape index (κ1) is 67.9. The van der Waals surface area contributed by atoms with Crippen LogP contribution in [0.25, 0.3) is 0 Å². The summed E-state index contributed by atoms with van der Waals surface area (Å²) in [4.78, 5) is 38.2. The van der Waals surface area contributed by atoms with Crippen molar-refractivity contribution >= 4 is 17.9 Å². The van der Waals surface area contributed by atoms with Gasteiger partial charge in [-0.2, -0.15) is 0 Å². The highest BCUT2D eigenvalue weighted by Gasteiger charge is 2.19. The Labute approximate surface area is 436 Å². The number of hydrogen-bond donors (Lipinski definition) is 0. The lowest BCUT2D eigenvalue weighted by atomic mass is 10.0. The molecule has 0 saturated carbocycles. The van der Waals surface area contributed by atoms with Gasteiger partial charge in [0.25, 0.3) is 0 Å². The van der Waals surface area contributed by atoms with E-state index in [4.69, 9.17) is 14.2 Å². The highest BCUT2D eigenvalue weighted by atomic mass is 16.6. The Morgan fingerprint density at radius 1 is 0.271 bits per heavy atom. The summed E-state index contributed by atoms with van der Waals surface area (Å²) < 4.78 is 16.9. The fourth-order valence-electron chi connectivity index (χ4n) is 9.44. The van der Waals surface area contributed by atoms with Crippen LogP contribution in [0, 0.1) is 0 Å². The van der Waals surface area contributed by atoms with Gasteiger partial charge in [0.15, 0.2) is 6.10 Å². The molecule has 0 bridgehead atoms. The summed E-state index contributed by atoms with van der Waals surface area (Å²) in [5, 5.41) is 0. The first-order chi connectivity index (χ1) is 34.5. The third kappa shape index (κ3) is 56.8. The van der Waals surface area contributed by atoms with Gasteiger partial charge in [-0.05, 0) is 70.6 Å². The molecule has 6 nitrogen and oxygen atoms in total. The van der Waals surface area contributed by atoms with Gasteiger partial charge in [-0.25, -0.2) is 0 Å². The number of rotatable bonds is 58. The average Bonchev–Trinajstić information content (AvgIpc) is 3.36. The SMILES string of the molecule is CCCCC/C=C\CCCCCCCC(=O)OCC(COC(=O)CCCCCCCCCCCCCCCCCCCCCCC)OC(=O)CCCCCCCCCCC/C=C\CCCCCCCC. The Morgan fingerprint density at radius 2 is 0.471 bits per heavy atom. The predicted octanol–water partition coefficient (Wildman–Crippen LogP) is 21.1. The monoisotopic (exact) mass is 985 g/mol. The summed E-state index contributed by atoms with van der Waals surface area (Å²) in [6, 6.07) is 0. The first-order valence-electron chi connectivity index (χ1n) is 31.3. The predicted molar refractivity (Wildman–Crippen MR) is 303 cm³/mol. The zero-order valence-electron chi connectivity index (χ0n) is 47.3. The molecular weight excluding hydrogens is 865 g/mol. The van der Waals surface area contributed by atoms with Gasteiger partial charge in [-0.3, -0.25) is 14.4 Å². The number of unbranched alkanes of at least 4 members (excludes halogenated alkanes) is 43. The van der Waals surface area contributed by atoms with E-state index in [1.807, 2.05) is 0 Å². The van der Waals surface area contributed by atoms with Crippen molar-refractivity contribution in [2.75, 3.05) is 13.2 Å². The second kappa shape index (κ2) is 59.5. The summed E-state index contributed by atoms with van der Waals surface area (Å²) in [5.74, 6) is -0.858. The molecular formula is C64H120O6. The van der Waals surface area contributed by atoms with E-state index in [9.17, 15) is 14.4 Å². The third-order valence-electron chi connectivity index (χ3n) is 14.2. The molecule has 0 heterocycles. The number of carbonyl (C=O) groups excluding carboxylic acids is 3. The molecule has 1 atom stereocenters. The topological polar surface area (TPSA) is 78.9 Å². The van der Waals surface area contributed by atoms with E-state index >= 15 is 0 Å². The summed E-state index contributed by atoms with van der Waals surface area (Å²) in [5.41, 5.74) is 0. The number of hydrogen-bond acceptors (Lipinski definition) is 6. The van der Waals surface area contributed by atoms with Crippen molar-refractivity contribution in [1.29, 1.82) is 0 Å². The van der Waals surface area contributed by atoms with Crippen LogP contribution in [0.1, 0.15) is 348 Å². The van der Waals surface area contributed by atoms with Crippen LogP contribution in [0.4, 0.5) is 0 Å². The van der Waals surface area contributed by atoms with Crippen LogP contribution < -0.4 is 0 Å². The smallest absolute Gasteiger partial charge is 0.306 e. The quantitative estimate of drug-likeness (QED) is 0.0261. The second-order valence-corrected chi connectivity index (χ2v) is 21.3. The van der Waals surface area contributed by atoms with Crippen LogP contribution in [-0.4, -0.2) is 37.2 Å². The van der Waals surface area contributed by atoms with Gasteiger partial charge in [-0.15, -0.1) is 0 Å². The van der Waals surface area contributed by atoms with Gasteiger partial charge in [0, 0.05) is 19.3 Å². The molecule has 0 aromatic rings. The van der Waals surface area contributed by atoms with E-state index in [0.717, 1.165) is 64.2 Å². The lowest BCUT2D eigenvalue weighted by Gasteiger charge is -2.18. The van der Waals surface area contributed by atoms with Gasteiger partial charge in [0.2, 0.25) is 0 Å². The highest BCUT2D eigenvalue weighted by Crippen LogP contribution is 2.17. The lowest BCUT2D eigenvalue weighted by Crippen LogP contribution is -2.30. The molecule has 0 spiro atoms. The van der Waals surface area contributed by atoms with Gasteiger partial charge >= 0.3 is 17.9 Å². The number of carbonyl (C=O) groups is 3. The maximum Gasteiger partial charge on any atom is 0.306 e. The molecule has 0 saturated heterocycles. The Balaban J connectivity index is 4.26. The zero-order valence-corrected chi connectivity index (χ0v) is 47.3. The van der Waals surface area contributed by atoms with Crippen LogP contribution in [0.15, 0.2) is 24.3 Å². The van der Waals surface area contributed by atoms with Gasteiger partial charge in [0.1, 0.15) is 13.2 Å². The lowest BCUT2D eigenvalue weighted by molar-refractivity contribution is -0.167. The number of ether oxygens (including phenoxy) is 3. The maximum absolute atomic E-state index is 12.9. The fraction of sp³-hybridized carbons (Fsp3) is 0.891. The molecule has 412 valence electrons. The summed E-state index contributed by atoms with van der Waals surface area (Å²) in [7, 11) is 0. The van der Waals surface area contributed by atoms with Crippen molar-refractivity contribution in [3.05, 3.63) is 24.3 Å². The minimum Gasteiger partial charge on any atom is -0.462 e. The van der Waals surface area contributed by atoms with Crippen LogP contribution in [0.3, 0.4) is 0 Å². The summed E-state index contributed by atoms with van der Waals surface area (Å²) in [6.45, 7) is 6.66. The minimum absolute atomic E-state index is 0.0698. The second-order valence-electron chi connectivity index (χ2n) is 21.3. The molecule has 0 N–H and O–H groups in total. The zero-order chi connectivity index (χ0) is 50.7. The summed E-state index contributed by atoms with van der Waals surface area (Å²) >= 11 is 0. The molecule has 0 aromatic carbocycles. The third-order valence-corrected chi connectivity index (χ3v) is 14.2. The average molecular weight is 986 g/mol. The molecule has 1 unspecified atom stereocenters. The van der Waals surface area contributed by atoms with Crippen molar-refractivity contribution in [3.8, 4) is 0 Å².